The van der Waals surface area contributed by atoms with Gasteiger partial charge in [-0.15, -0.1) is 0 Å². The van der Waals surface area contributed by atoms with Crippen LogP contribution in [0.1, 0.15) is 10.5 Å². The van der Waals surface area contributed by atoms with Crippen LogP contribution in [0.2, 0.25) is 5.02 Å². The third-order valence-corrected chi connectivity index (χ3v) is 2.49. The summed E-state index contributed by atoms with van der Waals surface area (Å²) in [6.07, 6.45) is 3.87. The molecule has 0 aromatic carbocycles. The molecule has 0 aliphatic heterocycles. The van der Waals surface area contributed by atoms with Crippen LogP contribution in [0.5, 0.6) is 0 Å². The molecule has 0 amide bonds. The number of aromatic carboxylic acids is 1. The van der Waals surface area contributed by atoms with Gasteiger partial charge in [0.15, 0.2) is 5.69 Å². The Morgan fingerprint density at radius 2 is 2.24 bits per heavy atom. The molecule has 0 bridgehead atoms. The number of aromatic nitrogens is 4. The van der Waals surface area contributed by atoms with Crippen molar-refractivity contribution in [1.82, 2.24) is 19.3 Å². The van der Waals surface area contributed by atoms with Crippen molar-refractivity contribution in [1.29, 1.82) is 0 Å². The standard InChI is InChI=1S/C9H7ClN4O3/c1-13-8(15)7(10)6(2-12-13)14-3-5(9(16)17)11-4-14/h2-4H,1H3,(H,16,17). The maximum Gasteiger partial charge on any atom is 0.356 e. The Hall–Kier alpha value is -2.15. The molecule has 0 saturated carbocycles. The van der Waals surface area contributed by atoms with E-state index in [9.17, 15) is 9.59 Å². The number of nitrogens with zero attached hydrogens (tertiary/aromatic N) is 4. The number of carboxylic acids is 1. The van der Waals surface area contributed by atoms with Crippen LogP contribution >= 0.6 is 11.6 Å². The van der Waals surface area contributed by atoms with Crippen molar-refractivity contribution in [3.63, 3.8) is 0 Å². The second-order valence-electron chi connectivity index (χ2n) is 3.24. The van der Waals surface area contributed by atoms with Crippen LogP contribution in [0.15, 0.2) is 23.5 Å². The van der Waals surface area contributed by atoms with Gasteiger partial charge in [-0.3, -0.25) is 4.79 Å². The van der Waals surface area contributed by atoms with Gasteiger partial charge in [0.2, 0.25) is 0 Å². The van der Waals surface area contributed by atoms with Crippen LogP contribution in [0.3, 0.4) is 0 Å². The normalized spacial score (nSPS) is 10.5. The van der Waals surface area contributed by atoms with Gasteiger partial charge in [-0.1, -0.05) is 11.6 Å². The summed E-state index contributed by atoms with van der Waals surface area (Å²) in [5.41, 5.74) is -0.314. The monoisotopic (exact) mass is 254 g/mol. The number of carboxylic acid groups (broad SMARTS) is 1. The first-order valence-electron chi connectivity index (χ1n) is 4.50. The maximum atomic E-state index is 11.5. The highest BCUT2D eigenvalue weighted by Gasteiger charge is 2.12. The lowest BCUT2D eigenvalue weighted by Crippen LogP contribution is -2.21. The molecule has 17 heavy (non-hydrogen) atoms. The van der Waals surface area contributed by atoms with Gasteiger partial charge < -0.3 is 9.67 Å². The fourth-order valence-corrected chi connectivity index (χ4v) is 1.52. The summed E-state index contributed by atoms with van der Waals surface area (Å²) in [4.78, 5) is 25.8. The Labute approximate surface area is 99.9 Å². The Balaban J connectivity index is 2.57. The highest BCUT2D eigenvalue weighted by atomic mass is 35.5. The zero-order chi connectivity index (χ0) is 12.6. The summed E-state index contributed by atoms with van der Waals surface area (Å²) in [5.74, 6) is -1.16. The second-order valence-corrected chi connectivity index (χ2v) is 3.62. The molecule has 0 fully saturated rings. The van der Waals surface area contributed by atoms with E-state index in [1.165, 1.54) is 30.3 Å². The van der Waals surface area contributed by atoms with Crippen LogP contribution in [0.4, 0.5) is 0 Å². The van der Waals surface area contributed by atoms with Gasteiger partial charge >= 0.3 is 5.97 Å². The van der Waals surface area contributed by atoms with E-state index in [-0.39, 0.29) is 16.4 Å². The Kier molecular flexibility index (Phi) is 2.68. The average molecular weight is 255 g/mol. The van der Waals surface area contributed by atoms with Crippen LogP contribution < -0.4 is 5.56 Å². The summed E-state index contributed by atoms with van der Waals surface area (Å²) in [6, 6.07) is 0. The molecule has 1 N–H and O–H groups in total. The van der Waals surface area contributed by atoms with Crippen LogP contribution in [-0.4, -0.2) is 30.4 Å². The number of imidazole rings is 1. The van der Waals surface area contributed by atoms with E-state index in [0.29, 0.717) is 0 Å². The number of rotatable bonds is 2. The third kappa shape index (κ3) is 1.92. The average Bonchev–Trinajstić information content (AvgIpc) is 2.75. The van der Waals surface area contributed by atoms with Gasteiger partial charge in [-0.25, -0.2) is 14.5 Å². The summed E-state index contributed by atoms with van der Waals surface area (Å²) in [6.45, 7) is 0. The zero-order valence-electron chi connectivity index (χ0n) is 8.66. The largest absolute Gasteiger partial charge is 0.476 e. The quantitative estimate of drug-likeness (QED) is 0.833. The highest BCUT2D eigenvalue weighted by Crippen LogP contribution is 2.14. The molecule has 7 nitrogen and oxygen atoms in total. The molecule has 0 atom stereocenters. The Morgan fingerprint density at radius 1 is 1.53 bits per heavy atom. The minimum absolute atomic E-state index is 0.0446. The minimum Gasteiger partial charge on any atom is -0.476 e. The molecule has 0 aliphatic carbocycles. The smallest absolute Gasteiger partial charge is 0.356 e. The van der Waals surface area contributed by atoms with E-state index in [1.807, 2.05) is 0 Å². The molecule has 8 heteroatoms. The van der Waals surface area contributed by atoms with Gasteiger partial charge in [0.25, 0.3) is 5.56 Å². The Bertz CT molecular complexity index is 646. The third-order valence-electron chi connectivity index (χ3n) is 2.14. The molecular weight excluding hydrogens is 248 g/mol. The fourth-order valence-electron chi connectivity index (χ4n) is 1.25. The van der Waals surface area contributed by atoms with Gasteiger partial charge in [0.1, 0.15) is 11.3 Å². The first-order chi connectivity index (χ1) is 8.00. The van der Waals surface area contributed by atoms with Gasteiger partial charge in [-0.2, -0.15) is 5.10 Å². The van der Waals surface area contributed by atoms with Crippen molar-refractivity contribution >= 4 is 17.6 Å². The van der Waals surface area contributed by atoms with Gasteiger partial charge in [0.05, 0.1) is 11.9 Å². The van der Waals surface area contributed by atoms with Crippen LogP contribution in [0, 0.1) is 0 Å². The molecule has 2 aromatic rings. The lowest BCUT2D eigenvalue weighted by molar-refractivity contribution is 0.0691. The molecule has 2 rings (SSSR count). The number of aryl methyl sites for hydroxylation is 1. The van der Waals surface area contributed by atoms with E-state index in [1.54, 1.807) is 0 Å². The maximum absolute atomic E-state index is 11.5. The lowest BCUT2D eigenvalue weighted by atomic mass is 10.4. The van der Waals surface area contributed by atoms with Crippen molar-refractivity contribution in [3.05, 3.63) is 39.8 Å². The number of hydrogen-bond donors (Lipinski definition) is 1. The number of hydrogen-bond acceptors (Lipinski definition) is 4. The summed E-state index contributed by atoms with van der Waals surface area (Å²) >= 11 is 5.85. The predicted octanol–water partition coefficient (Wildman–Crippen LogP) is 0.318. The molecular formula is C9H7ClN4O3. The first kappa shape index (κ1) is 11.3. The topological polar surface area (TPSA) is 90.0 Å². The van der Waals surface area contributed by atoms with Gasteiger partial charge in [0, 0.05) is 13.2 Å². The van der Waals surface area contributed by atoms with Crippen molar-refractivity contribution in [2.24, 2.45) is 7.05 Å². The highest BCUT2D eigenvalue weighted by molar-refractivity contribution is 6.32. The van der Waals surface area contributed by atoms with Crippen LogP contribution in [-0.2, 0) is 7.05 Å². The zero-order valence-corrected chi connectivity index (χ0v) is 9.42. The van der Waals surface area contributed by atoms with E-state index < -0.39 is 11.5 Å². The SMILES string of the molecule is Cn1ncc(-n2cnc(C(=O)O)c2)c(Cl)c1=O. The lowest BCUT2D eigenvalue weighted by Gasteiger charge is -2.04. The fraction of sp³-hybridized carbons (Fsp3) is 0.111. The van der Waals surface area contributed by atoms with Gasteiger partial charge in [-0.05, 0) is 0 Å². The van der Waals surface area contributed by atoms with Crippen molar-refractivity contribution < 1.29 is 9.90 Å². The predicted molar refractivity (Wildman–Crippen MR) is 58.6 cm³/mol. The molecule has 2 heterocycles. The molecule has 88 valence electrons. The molecule has 0 saturated heterocycles. The molecule has 0 unspecified atom stereocenters. The molecule has 0 aliphatic rings. The summed E-state index contributed by atoms with van der Waals surface area (Å²) in [7, 11) is 1.47. The summed E-state index contributed by atoms with van der Waals surface area (Å²) in [5, 5.41) is 12.5. The van der Waals surface area contributed by atoms with E-state index in [2.05, 4.69) is 10.1 Å². The summed E-state index contributed by atoms with van der Waals surface area (Å²) < 4.78 is 2.42. The van der Waals surface area contributed by atoms with Crippen LogP contribution in [0.25, 0.3) is 5.69 Å². The molecule has 0 radical (unpaired) electrons. The minimum atomic E-state index is -1.16. The Morgan fingerprint density at radius 3 is 2.82 bits per heavy atom. The van der Waals surface area contributed by atoms with E-state index in [0.717, 1.165) is 4.68 Å². The first-order valence-corrected chi connectivity index (χ1v) is 4.88. The molecule has 2 aromatic heterocycles. The van der Waals surface area contributed by atoms with Crippen molar-refractivity contribution in [2.45, 2.75) is 0 Å². The molecule has 0 spiro atoms. The van der Waals surface area contributed by atoms with E-state index in [4.69, 9.17) is 16.7 Å². The van der Waals surface area contributed by atoms with Crippen molar-refractivity contribution in [3.8, 4) is 5.69 Å². The number of carbonyl (C=O) groups is 1. The second kappa shape index (κ2) is 4.02. The van der Waals surface area contributed by atoms with Crippen molar-refractivity contribution in [2.75, 3.05) is 0 Å². The van der Waals surface area contributed by atoms with E-state index >= 15 is 0 Å². The number of halogens is 1.